The molecule has 15 heavy (non-hydrogen) atoms. The predicted molar refractivity (Wildman–Crippen MR) is 59.0 cm³/mol. The van der Waals surface area contributed by atoms with Gasteiger partial charge >= 0.3 is 0 Å². The highest BCUT2D eigenvalue weighted by molar-refractivity contribution is 8.13. The predicted octanol–water partition coefficient (Wildman–Crippen LogP) is 1.58. The molecule has 0 N–H and O–H groups in total. The van der Waals surface area contributed by atoms with Gasteiger partial charge in [-0.2, -0.15) is 5.26 Å². The van der Waals surface area contributed by atoms with E-state index in [4.69, 9.17) is 5.26 Å². The van der Waals surface area contributed by atoms with Gasteiger partial charge in [0.2, 0.25) is 0 Å². The number of nitriles is 1. The Hall–Kier alpha value is -1.78. The monoisotopic (exact) mass is 216 g/mol. The van der Waals surface area contributed by atoms with Crippen LogP contribution in [0.3, 0.4) is 0 Å². The van der Waals surface area contributed by atoms with Crippen molar-refractivity contribution < 1.29 is 4.79 Å². The molecule has 0 unspecified atom stereocenters. The second-order valence-electron chi connectivity index (χ2n) is 2.63. The molecule has 0 aromatic carbocycles. The van der Waals surface area contributed by atoms with Gasteiger partial charge in [0.15, 0.2) is 5.12 Å². The summed E-state index contributed by atoms with van der Waals surface area (Å²) in [5, 5.41) is 8.59. The molecule has 1 heterocycles. The summed E-state index contributed by atoms with van der Waals surface area (Å²) in [4.78, 5) is 14.6. The Bertz CT molecular complexity index is 448. The van der Waals surface area contributed by atoms with Crippen LogP contribution in [0.2, 0.25) is 0 Å². The smallest absolute Gasteiger partial charge is 0.186 e. The molecular formula is C11H8N2OS. The average molecular weight is 216 g/mol. The number of rotatable bonds is 1. The SMILES string of the molecule is CC(=O)SCC#Cc1ccc(C#N)cn1. The van der Waals surface area contributed by atoms with Gasteiger partial charge in [0, 0.05) is 13.1 Å². The van der Waals surface area contributed by atoms with Gasteiger partial charge in [-0.15, -0.1) is 0 Å². The highest BCUT2D eigenvalue weighted by Crippen LogP contribution is 2.00. The van der Waals surface area contributed by atoms with E-state index in [1.54, 1.807) is 12.1 Å². The first-order chi connectivity index (χ1) is 7.22. The summed E-state index contributed by atoms with van der Waals surface area (Å²) < 4.78 is 0. The molecule has 0 radical (unpaired) electrons. The van der Waals surface area contributed by atoms with Crippen molar-refractivity contribution in [3.63, 3.8) is 0 Å². The Morgan fingerprint density at radius 3 is 2.93 bits per heavy atom. The normalized spacial score (nSPS) is 8.53. The van der Waals surface area contributed by atoms with Gasteiger partial charge in [-0.25, -0.2) is 4.98 Å². The lowest BCUT2D eigenvalue weighted by Crippen LogP contribution is -1.85. The van der Waals surface area contributed by atoms with Gasteiger partial charge in [0.05, 0.1) is 11.3 Å². The fourth-order valence-corrected chi connectivity index (χ4v) is 1.15. The number of carbonyl (C=O) groups excluding carboxylic acids is 1. The van der Waals surface area contributed by atoms with Crippen LogP contribution in [0.4, 0.5) is 0 Å². The van der Waals surface area contributed by atoms with Crippen molar-refractivity contribution in [3.05, 3.63) is 29.6 Å². The number of hydrogen-bond acceptors (Lipinski definition) is 4. The van der Waals surface area contributed by atoms with E-state index < -0.39 is 0 Å². The first-order valence-corrected chi connectivity index (χ1v) is 5.19. The van der Waals surface area contributed by atoms with Crippen molar-refractivity contribution >= 4 is 16.9 Å². The van der Waals surface area contributed by atoms with Crippen LogP contribution in [0.15, 0.2) is 18.3 Å². The summed E-state index contributed by atoms with van der Waals surface area (Å²) >= 11 is 1.17. The van der Waals surface area contributed by atoms with E-state index in [0.29, 0.717) is 17.0 Å². The molecule has 3 nitrogen and oxygen atoms in total. The maximum atomic E-state index is 10.6. The number of hydrogen-bond donors (Lipinski definition) is 0. The summed E-state index contributed by atoms with van der Waals surface area (Å²) in [6.45, 7) is 1.51. The second-order valence-corrected chi connectivity index (χ2v) is 3.78. The van der Waals surface area contributed by atoms with Gasteiger partial charge in [-0.3, -0.25) is 4.79 Å². The Balaban J connectivity index is 2.57. The Morgan fingerprint density at radius 1 is 1.60 bits per heavy atom. The lowest BCUT2D eigenvalue weighted by molar-refractivity contribution is -0.109. The van der Waals surface area contributed by atoms with Crippen molar-refractivity contribution in [3.8, 4) is 17.9 Å². The minimum absolute atomic E-state index is 0.0529. The van der Waals surface area contributed by atoms with Gasteiger partial charge in [-0.05, 0) is 18.1 Å². The number of carbonyl (C=O) groups is 1. The largest absolute Gasteiger partial charge is 0.288 e. The molecule has 0 saturated heterocycles. The third-order valence-electron chi connectivity index (χ3n) is 1.46. The first-order valence-electron chi connectivity index (χ1n) is 4.21. The molecule has 0 spiro atoms. The maximum absolute atomic E-state index is 10.6. The van der Waals surface area contributed by atoms with Crippen LogP contribution < -0.4 is 0 Å². The summed E-state index contributed by atoms with van der Waals surface area (Å²) in [5.74, 6) is 6.09. The van der Waals surface area contributed by atoms with Crippen LogP contribution in [0.25, 0.3) is 0 Å². The summed E-state index contributed by atoms with van der Waals surface area (Å²) in [7, 11) is 0. The van der Waals surface area contributed by atoms with Crippen LogP contribution in [-0.4, -0.2) is 15.9 Å². The average Bonchev–Trinajstić information content (AvgIpc) is 2.25. The number of thioether (sulfide) groups is 1. The summed E-state index contributed by atoms with van der Waals surface area (Å²) in [5.41, 5.74) is 1.12. The van der Waals surface area contributed by atoms with E-state index in [-0.39, 0.29) is 5.12 Å². The van der Waals surface area contributed by atoms with Crippen molar-refractivity contribution in [2.45, 2.75) is 6.92 Å². The number of nitrogens with zero attached hydrogens (tertiary/aromatic N) is 2. The number of pyridine rings is 1. The first kappa shape index (κ1) is 11.3. The molecule has 0 amide bonds. The molecule has 0 aliphatic carbocycles. The summed E-state index contributed by atoms with van der Waals surface area (Å²) in [6.07, 6.45) is 1.47. The van der Waals surface area contributed by atoms with Crippen molar-refractivity contribution in [2.24, 2.45) is 0 Å². The molecule has 1 aromatic rings. The minimum Gasteiger partial charge on any atom is -0.288 e. The molecule has 4 heteroatoms. The Morgan fingerprint density at radius 2 is 2.40 bits per heavy atom. The van der Waals surface area contributed by atoms with E-state index in [0.717, 1.165) is 0 Å². The standard InChI is InChI=1S/C11H8N2OS/c1-9(14)15-6-2-3-11-5-4-10(7-12)8-13-11/h4-5,8H,6H2,1H3. The van der Waals surface area contributed by atoms with E-state index in [1.165, 1.54) is 24.9 Å². The molecule has 0 atom stereocenters. The highest BCUT2D eigenvalue weighted by Gasteiger charge is 1.91. The van der Waals surface area contributed by atoms with Crippen LogP contribution in [0.1, 0.15) is 18.2 Å². The van der Waals surface area contributed by atoms with E-state index in [9.17, 15) is 4.79 Å². The lowest BCUT2D eigenvalue weighted by atomic mass is 10.3. The molecule has 0 bridgehead atoms. The zero-order chi connectivity index (χ0) is 11.1. The molecule has 1 rings (SSSR count). The van der Waals surface area contributed by atoms with Crippen LogP contribution >= 0.6 is 11.8 Å². The molecule has 0 fully saturated rings. The van der Waals surface area contributed by atoms with Crippen molar-refractivity contribution in [1.82, 2.24) is 4.98 Å². The van der Waals surface area contributed by atoms with E-state index >= 15 is 0 Å². The Kier molecular flexibility index (Phi) is 4.40. The molecule has 0 aliphatic rings. The minimum atomic E-state index is 0.0529. The molecule has 0 aliphatic heterocycles. The van der Waals surface area contributed by atoms with Crippen LogP contribution in [0.5, 0.6) is 0 Å². The van der Waals surface area contributed by atoms with Crippen molar-refractivity contribution in [1.29, 1.82) is 5.26 Å². The lowest BCUT2D eigenvalue weighted by Gasteiger charge is -1.89. The second kappa shape index (κ2) is 5.85. The molecular weight excluding hydrogens is 208 g/mol. The third kappa shape index (κ3) is 4.30. The van der Waals surface area contributed by atoms with Crippen LogP contribution in [-0.2, 0) is 4.79 Å². The van der Waals surface area contributed by atoms with Gasteiger partial charge in [0.25, 0.3) is 0 Å². The molecule has 1 aromatic heterocycles. The summed E-state index contributed by atoms with van der Waals surface area (Å²) in [6, 6.07) is 5.32. The van der Waals surface area contributed by atoms with Crippen LogP contribution in [0, 0.1) is 23.2 Å². The van der Waals surface area contributed by atoms with Gasteiger partial charge < -0.3 is 0 Å². The zero-order valence-electron chi connectivity index (χ0n) is 8.15. The maximum Gasteiger partial charge on any atom is 0.186 e. The molecule has 74 valence electrons. The van der Waals surface area contributed by atoms with Crippen molar-refractivity contribution in [2.75, 3.05) is 5.75 Å². The number of aromatic nitrogens is 1. The van der Waals surface area contributed by atoms with E-state index in [2.05, 4.69) is 16.8 Å². The van der Waals surface area contributed by atoms with Gasteiger partial charge in [0.1, 0.15) is 11.8 Å². The fraction of sp³-hybridized carbons (Fsp3) is 0.182. The molecule has 0 saturated carbocycles. The Labute approximate surface area is 92.5 Å². The van der Waals surface area contributed by atoms with Gasteiger partial charge in [-0.1, -0.05) is 17.7 Å². The van der Waals surface area contributed by atoms with E-state index in [1.807, 2.05) is 6.07 Å². The third-order valence-corrected chi connectivity index (χ3v) is 2.15. The topological polar surface area (TPSA) is 53.8 Å². The highest BCUT2D eigenvalue weighted by atomic mass is 32.2. The zero-order valence-corrected chi connectivity index (χ0v) is 8.97. The quantitative estimate of drug-likeness (QED) is 0.669. The fourth-order valence-electron chi connectivity index (χ4n) is 0.798.